The first kappa shape index (κ1) is 16.2. The van der Waals surface area contributed by atoms with E-state index < -0.39 is 0 Å². The average molecular weight is 371 g/mol. The van der Waals surface area contributed by atoms with Crippen LogP contribution in [0, 0.1) is 4.77 Å². The SMILES string of the molecule is CCc1cc(-c2n[nH]c(=S)n2-c2ccc3c(c2)CSC3)c(O)cc1O. The predicted octanol–water partition coefficient (Wildman–Crippen LogP) is 4.32. The van der Waals surface area contributed by atoms with Gasteiger partial charge in [-0.05, 0) is 53.5 Å². The number of nitrogens with zero attached hydrogens (tertiary/aromatic N) is 2. The van der Waals surface area contributed by atoms with E-state index >= 15 is 0 Å². The van der Waals surface area contributed by atoms with Crippen LogP contribution < -0.4 is 0 Å². The molecule has 0 fully saturated rings. The molecule has 5 nitrogen and oxygen atoms in total. The molecule has 1 aromatic heterocycles. The normalized spacial score (nSPS) is 13.2. The monoisotopic (exact) mass is 371 g/mol. The number of rotatable bonds is 3. The Balaban J connectivity index is 1.91. The van der Waals surface area contributed by atoms with Crippen LogP contribution in [0.4, 0.5) is 0 Å². The molecule has 2 heterocycles. The van der Waals surface area contributed by atoms with Gasteiger partial charge in [0.2, 0.25) is 0 Å². The van der Waals surface area contributed by atoms with Crippen molar-refractivity contribution in [1.82, 2.24) is 14.8 Å². The molecule has 0 amide bonds. The molecule has 0 aliphatic carbocycles. The van der Waals surface area contributed by atoms with Crippen LogP contribution in [0.1, 0.15) is 23.6 Å². The maximum Gasteiger partial charge on any atom is 0.200 e. The second-order valence-electron chi connectivity index (χ2n) is 5.99. The quantitative estimate of drug-likeness (QED) is 0.598. The van der Waals surface area contributed by atoms with Crippen LogP contribution >= 0.6 is 24.0 Å². The van der Waals surface area contributed by atoms with Crippen molar-refractivity contribution in [2.45, 2.75) is 24.9 Å². The molecule has 3 N–H and O–H groups in total. The third-order valence-corrected chi connectivity index (χ3v) is 5.76. The molecule has 4 rings (SSSR count). The zero-order valence-corrected chi connectivity index (χ0v) is 15.2. The minimum atomic E-state index is -0.0262. The van der Waals surface area contributed by atoms with Crippen LogP contribution in [0.2, 0.25) is 0 Å². The van der Waals surface area contributed by atoms with Crippen LogP contribution in [-0.2, 0) is 17.9 Å². The van der Waals surface area contributed by atoms with Gasteiger partial charge in [0.25, 0.3) is 0 Å². The summed E-state index contributed by atoms with van der Waals surface area (Å²) in [5.41, 5.74) is 4.86. The van der Waals surface area contributed by atoms with Crippen molar-refractivity contribution in [3.8, 4) is 28.6 Å². The largest absolute Gasteiger partial charge is 0.508 e. The van der Waals surface area contributed by atoms with E-state index in [-0.39, 0.29) is 11.5 Å². The Labute approximate surface area is 154 Å². The Kier molecular flexibility index (Phi) is 4.05. The van der Waals surface area contributed by atoms with E-state index in [4.69, 9.17) is 12.2 Å². The predicted molar refractivity (Wildman–Crippen MR) is 102 cm³/mol. The molecular weight excluding hydrogens is 354 g/mol. The molecule has 0 atom stereocenters. The minimum absolute atomic E-state index is 0.0262. The van der Waals surface area contributed by atoms with Gasteiger partial charge >= 0.3 is 0 Å². The van der Waals surface area contributed by atoms with Gasteiger partial charge < -0.3 is 10.2 Å². The van der Waals surface area contributed by atoms with Crippen molar-refractivity contribution >= 4 is 24.0 Å². The first-order valence-corrected chi connectivity index (χ1v) is 9.57. The van der Waals surface area contributed by atoms with Crippen molar-refractivity contribution < 1.29 is 10.2 Å². The summed E-state index contributed by atoms with van der Waals surface area (Å²) in [5, 5.41) is 27.4. The number of phenols is 2. The lowest BCUT2D eigenvalue weighted by Gasteiger charge is -2.12. The average Bonchev–Trinajstić information content (AvgIpc) is 3.20. The smallest absolute Gasteiger partial charge is 0.200 e. The fraction of sp³-hybridized carbons (Fsp3) is 0.222. The number of benzene rings is 2. The Hall–Kier alpha value is -2.25. The molecule has 0 saturated heterocycles. The lowest BCUT2D eigenvalue weighted by molar-refractivity contribution is 0.447. The Morgan fingerprint density at radius 2 is 1.96 bits per heavy atom. The standard InChI is InChI=1S/C18H17N3O2S2/c1-2-10-6-14(16(23)7-15(10)22)17-19-20-18(24)21(17)13-4-3-11-8-25-9-12(11)5-13/h3-7,22-23H,2,8-9H2,1H3,(H,20,24). The van der Waals surface area contributed by atoms with Gasteiger partial charge in [-0.25, -0.2) is 0 Å². The molecule has 1 aliphatic rings. The van der Waals surface area contributed by atoms with Gasteiger partial charge in [-0.3, -0.25) is 9.67 Å². The van der Waals surface area contributed by atoms with E-state index in [0.29, 0.717) is 22.6 Å². The topological polar surface area (TPSA) is 74.1 Å². The minimum Gasteiger partial charge on any atom is -0.508 e. The van der Waals surface area contributed by atoms with E-state index in [1.54, 1.807) is 6.07 Å². The fourth-order valence-electron chi connectivity index (χ4n) is 3.10. The van der Waals surface area contributed by atoms with Gasteiger partial charge in [0.1, 0.15) is 11.5 Å². The first-order valence-electron chi connectivity index (χ1n) is 8.01. The highest BCUT2D eigenvalue weighted by atomic mass is 32.2. The number of aromatic amines is 1. The van der Waals surface area contributed by atoms with Crippen molar-refractivity contribution in [2.24, 2.45) is 0 Å². The lowest BCUT2D eigenvalue weighted by atomic mass is 10.1. The molecule has 0 saturated carbocycles. The molecule has 0 radical (unpaired) electrons. The van der Waals surface area contributed by atoms with E-state index in [9.17, 15) is 10.2 Å². The van der Waals surface area contributed by atoms with Crippen molar-refractivity contribution in [1.29, 1.82) is 0 Å². The fourth-order valence-corrected chi connectivity index (χ4v) is 4.43. The number of nitrogens with one attached hydrogen (secondary N) is 1. The number of hydrogen-bond donors (Lipinski definition) is 3. The number of aromatic hydroxyl groups is 2. The molecular formula is C18H17N3O2S2. The molecule has 0 unspecified atom stereocenters. The molecule has 0 bridgehead atoms. The molecule has 0 spiro atoms. The summed E-state index contributed by atoms with van der Waals surface area (Å²) < 4.78 is 2.29. The van der Waals surface area contributed by atoms with Gasteiger partial charge in [0, 0.05) is 17.6 Å². The molecule has 3 aromatic rings. The lowest BCUT2D eigenvalue weighted by Crippen LogP contribution is -2.00. The summed E-state index contributed by atoms with van der Waals surface area (Å²) in [4.78, 5) is 0. The van der Waals surface area contributed by atoms with Crippen LogP contribution in [-0.4, -0.2) is 25.0 Å². The number of thioether (sulfide) groups is 1. The molecule has 2 aromatic carbocycles. The molecule has 7 heteroatoms. The van der Waals surface area contributed by atoms with Crippen LogP contribution in [0.25, 0.3) is 17.1 Å². The highest BCUT2D eigenvalue weighted by Gasteiger charge is 2.18. The third-order valence-electron chi connectivity index (χ3n) is 4.45. The van der Waals surface area contributed by atoms with Gasteiger partial charge in [-0.2, -0.15) is 16.9 Å². The third kappa shape index (κ3) is 2.73. The summed E-state index contributed by atoms with van der Waals surface area (Å²) in [6, 6.07) is 9.39. The van der Waals surface area contributed by atoms with Crippen LogP contribution in [0.5, 0.6) is 11.5 Å². The number of phenolic OH excluding ortho intramolecular Hbond substituents is 2. The zero-order valence-electron chi connectivity index (χ0n) is 13.6. The summed E-state index contributed by atoms with van der Waals surface area (Å²) in [6.07, 6.45) is 0.653. The van der Waals surface area contributed by atoms with E-state index in [2.05, 4.69) is 22.3 Å². The number of fused-ring (bicyclic) bond motifs is 1. The molecule has 128 valence electrons. The maximum absolute atomic E-state index is 10.3. The number of aryl methyl sites for hydroxylation is 1. The summed E-state index contributed by atoms with van der Waals surface area (Å²) in [6.45, 7) is 1.95. The molecule has 25 heavy (non-hydrogen) atoms. The van der Waals surface area contributed by atoms with E-state index in [1.165, 1.54) is 17.2 Å². The second kappa shape index (κ2) is 6.24. The van der Waals surface area contributed by atoms with E-state index in [1.807, 2.05) is 29.3 Å². The number of hydrogen-bond acceptors (Lipinski definition) is 5. The van der Waals surface area contributed by atoms with Gasteiger partial charge in [-0.15, -0.1) is 0 Å². The maximum atomic E-state index is 10.3. The van der Waals surface area contributed by atoms with Gasteiger partial charge in [0.15, 0.2) is 10.6 Å². The molecule has 1 aliphatic heterocycles. The first-order chi connectivity index (χ1) is 12.1. The van der Waals surface area contributed by atoms with Gasteiger partial charge in [0.05, 0.1) is 11.3 Å². The summed E-state index contributed by atoms with van der Waals surface area (Å²) >= 11 is 7.32. The Bertz CT molecular complexity index is 1020. The second-order valence-corrected chi connectivity index (χ2v) is 7.36. The summed E-state index contributed by atoms with van der Waals surface area (Å²) in [5.74, 6) is 2.62. The van der Waals surface area contributed by atoms with Crippen molar-refractivity contribution in [2.75, 3.05) is 0 Å². The van der Waals surface area contributed by atoms with Crippen molar-refractivity contribution in [3.05, 3.63) is 51.8 Å². The van der Waals surface area contributed by atoms with Crippen LogP contribution in [0.3, 0.4) is 0 Å². The number of H-pyrrole nitrogens is 1. The van der Waals surface area contributed by atoms with Crippen LogP contribution in [0.15, 0.2) is 30.3 Å². The van der Waals surface area contributed by atoms with Crippen molar-refractivity contribution in [3.63, 3.8) is 0 Å². The van der Waals surface area contributed by atoms with E-state index in [0.717, 1.165) is 22.8 Å². The Morgan fingerprint density at radius 1 is 1.16 bits per heavy atom. The van der Waals surface area contributed by atoms with Gasteiger partial charge in [-0.1, -0.05) is 13.0 Å². The highest BCUT2D eigenvalue weighted by molar-refractivity contribution is 7.98. The Morgan fingerprint density at radius 3 is 2.76 bits per heavy atom. The highest BCUT2D eigenvalue weighted by Crippen LogP contribution is 2.36. The number of aromatic nitrogens is 3. The summed E-state index contributed by atoms with van der Waals surface area (Å²) in [7, 11) is 0. The zero-order chi connectivity index (χ0) is 17.6.